The molecular weight excluding hydrogens is 394 g/mol. The second-order valence-electron chi connectivity index (χ2n) is 8.76. The number of carboxylic acid groups (broad SMARTS) is 1. The minimum atomic E-state index is -2.80. The van der Waals surface area contributed by atoms with Crippen molar-refractivity contribution in [1.82, 2.24) is 4.90 Å². The van der Waals surface area contributed by atoms with Gasteiger partial charge in [0.1, 0.15) is 0 Å². The molecule has 0 amide bonds. The molecule has 6 heteroatoms. The standard InChI is InChI=1S/C24H35NO4Si/c1-24(2,3)30(21-12-8-6-9-13-21,22-14-10-7-11-15-22)29-20(18-23(26)27)19-25(4)16-17-28-5/h6-15,20H,16-19H2,1-5H3,(H,26,27)/t20-/m1/s1. The van der Waals surface area contributed by atoms with Crippen LogP contribution in [-0.2, 0) is 14.0 Å². The predicted molar refractivity (Wildman–Crippen MR) is 124 cm³/mol. The van der Waals surface area contributed by atoms with E-state index >= 15 is 0 Å². The number of hydrogen-bond donors (Lipinski definition) is 1. The molecule has 0 bridgehead atoms. The van der Waals surface area contributed by atoms with Crippen LogP contribution in [0.4, 0.5) is 0 Å². The van der Waals surface area contributed by atoms with E-state index < -0.39 is 20.4 Å². The summed E-state index contributed by atoms with van der Waals surface area (Å²) >= 11 is 0. The maximum atomic E-state index is 11.7. The van der Waals surface area contributed by atoms with Gasteiger partial charge >= 0.3 is 5.97 Å². The van der Waals surface area contributed by atoms with Gasteiger partial charge in [0.15, 0.2) is 0 Å². The topological polar surface area (TPSA) is 59.0 Å². The van der Waals surface area contributed by atoms with Gasteiger partial charge in [-0.25, -0.2) is 0 Å². The summed E-state index contributed by atoms with van der Waals surface area (Å²) in [5.41, 5.74) is 0. The molecule has 164 valence electrons. The SMILES string of the molecule is COCCN(C)C[C@@H](CC(=O)O)O[Si](c1ccccc1)(c1ccccc1)C(C)(C)C. The third-order valence-electron chi connectivity index (χ3n) is 5.35. The highest BCUT2D eigenvalue weighted by Crippen LogP contribution is 2.37. The van der Waals surface area contributed by atoms with Crippen molar-refractivity contribution in [1.29, 1.82) is 0 Å². The Labute approximate surface area is 181 Å². The van der Waals surface area contributed by atoms with Crippen LogP contribution in [0.3, 0.4) is 0 Å². The molecule has 0 saturated carbocycles. The molecule has 0 unspecified atom stereocenters. The van der Waals surface area contributed by atoms with Gasteiger partial charge in [0.2, 0.25) is 0 Å². The van der Waals surface area contributed by atoms with Crippen molar-refractivity contribution >= 4 is 24.7 Å². The van der Waals surface area contributed by atoms with Gasteiger partial charge in [-0.2, -0.15) is 0 Å². The Morgan fingerprint density at radius 2 is 1.53 bits per heavy atom. The second-order valence-corrected chi connectivity index (χ2v) is 13.0. The van der Waals surface area contributed by atoms with E-state index in [1.54, 1.807) is 7.11 Å². The average molecular weight is 430 g/mol. The van der Waals surface area contributed by atoms with Crippen molar-refractivity contribution in [3.05, 3.63) is 60.7 Å². The Morgan fingerprint density at radius 1 is 1.03 bits per heavy atom. The van der Waals surface area contributed by atoms with Crippen molar-refractivity contribution < 1.29 is 19.1 Å². The zero-order valence-electron chi connectivity index (χ0n) is 18.8. The Kier molecular flexibility index (Phi) is 8.79. The highest BCUT2D eigenvalue weighted by atomic mass is 28.4. The molecule has 0 aromatic heterocycles. The fourth-order valence-corrected chi connectivity index (χ4v) is 8.64. The zero-order valence-corrected chi connectivity index (χ0v) is 19.8. The average Bonchev–Trinajstić information content (AvgIpc) is 2.70. The van der Waals surface area contributed by atoms with Gasteiger partial charge in [0.25, 0.3) is 8.32 Å². The van der Waals surface area contributed by atoms with Gasteiger partial charge in [-0.3, -0.25) is 4.79 Å². The van der Waals surface area contributed by atoms with Crippen molar-refractivity contribution in [2.45, 2.75) is 38.3 Å². The molecule has 2 aromatic carbocycles. The molecule has 0 heterocycles. The Morgan fingerprint density at radius 3 is 1.93 bits per heavy atom. The molecule has 0 aliphatic heterocycles. The number of benzene rings is 2. The normalized spacial score (nSPS) is 13.4. The van der Waals surface area contributed by atoms with Crippen LogP contribution in [0.25, 0.3) is 0 Å². The van der Waals surface area contributed by atoms with Crippen LogP contribution in [0.2, 0.25) is 5.04 Å². The first-order valence-corrected chi connectivity index (χ1v) is 12.3. The van der Waals surface area contributed by atoms with Gasteiger partial charge in [-0.15, -0.1) is 0 Å². The first kappa shape index (κ1) is 24.3. The van der Waals surface area contributed by atoms with Crippen LogP contribution < -0.4 is 10.4 Å². The van der Waals surface area contributed by atoms with Gasteiger partial charge in [0.05, 0.1) is 19.1 Å². The first-order chi connectivity index (χ1) is 14.2. The van der Waals surface area contributed by atoms with Crippen LogP contribution >= 0.6 is 0 Å². The smallest absolute Gasteiger partial charge is 0.305 e. The minimum Gasteiger partial charge on any atom is -0.481 e. The molecule has 2 rings (SSSR count). The number of likely N-dealkylation sites (N-methyl/N-ethyl adjacent to an activating group) is 1. The van der Waals surface area contributed by atoms with E-state index in [0.29, 0.717) is 13.2 Å². The van der Waals surface area contributed by atoms with E-state index in [1.165, 1.54) is 0 Å². The summed E-state index contributed by atoms with van der Waals surface area (Å²) in [5, 5.41) is 11.7. The molecule has 0 radical (unpaired) electrons. The molecule has 1 N–H and O–H groups in total. The molecule has 30 heavy (non-hydrogen) atoms. The van der Waals surface area contributed by atoms with E-state index in [2.05, 4.69) is 49.9 Å². The molecule has 0 saturated heterocycles. The molecule has 0 aliphatic carbocycles. The molecule has 5 nitrogen and oxygen atoms in total. The molecule has 2 aromatic rings. The molecule has 0 spiro atoms. The third-order valence-corrected chi connectivity index (χ3v) is 10.4. The fraction of sp³-hybridized carbons (Fsp3) is 0.458. The lowest BCUT2D eigenvalue weighted by Gasteiger charge is -2.45. The number of ether oxygens (including phenoxy) is 1. The number of carbonyl (C=O) groups is 1. The fourth-order valence-electron chi connectivity index (χ4n) is 3.97. The zero-order chi connectivity index (χ0) is 22.2. The monoisotopic (exact) mass is 429 g/mol. The van der Waals surface area contributed by atoms with E-state index in [4.69, 9.17) is 9.16 Å². The van der Waals surface area contributed by atoms with Crippen LogP contribution in [-0.4, -0.2) is 64.3 Å². The highest BCUT2D eigenvalue weighted by Gasteiger charge is 2.51. The number of hydrogen-bond acceptors (Lipinski definition) is 4. The summed E-state index contributed by atoms with van der Waals surface area (Å²) in [4.78, 5) is 13.8. The summed E-state index contributed by atoms with van der Waals surface area (Å²) in [6.07, 6.45) is -0.474. The number of carboxylic acids is 1. The summed E-state index contributed by atoms with van der Waals surface area (Å²) < 4.78 is 12.2. The lowest BCUT2D eigenvalue weighted by atomic mass is 10.2. The van der Waals surface area contributed by atoms with Gasteiger partial charge in [-0.05, 0) is 22.5 Å². The van der Waals surface area contributed by atoms with Gasteiger partial charge < -0.3 is 19.2 Å². The van der Waals surface area contributed by atoms with E-state index in [-0.39, 0.29) is 11.5 Å². The summed E-state index contributed by atoms with van der Waals surface area (Å²) in [7, 11) is 0.844. The Balaban J connectivity index is 2.55. The molecular formula is C24H35NO4Si. The summed E-state index contributed by atoms with van der Waals surface area (Å²) in [5.74, 6) is -0.849. The second kappa shape index (κ2) is 10.9. The maximum absolute atomic E-state index is 11.7. The van der Waals surface area contributed by atoms with E-state index in [0.717, 1.165) is 16.9 Å². The largest absolute Gasteiger partial charge is 0.481 e. The Bertz CT molecular complexity index is 737. The van der Waals surface area contributed by atoms with E-state index in [1.807, 2.05) is 43.4 Å². The van der Waals surface area contributed by atoms with Crippen LogP contribution in [0.1, 0.15) is 27.2 Å². The highest BCUT2D eigenvalue weighted by molar-refractivity contribution is 6.99. The minimum absolute atomic E-state index is 0.0399. The number of rotatable bonds is 11. The van der Waals surface area contributed by atoms with Crippen LogP contribution in [0.15, 0.2) is 60.7 Å². The van der Waals surface area contributed by atoms with Crippen molar-refractivity contribution in [3.63, 3.8) is 0 Å². The number of methoxy groups -OCH3 is 1. The van der Waals surface area contributed by atoms with Crippen LogP contribution in [0.5, 0.6) is 0 Å². The quantitative estimate of drug-likeness (QED) is 0.557. The van der Waals surface area contributed by atoms with Gasteiger partial charge in [-0.1, -0.05) is 81.4 Å². The van der Waals surface area contributed by atoms with Crippen LogP contribution in [0, 0.1) is 0 Å². The summed E-state index contributed by atoms with van der Waals surface area (Å²) in [6.45, 7) is 8.44. The van der Waals surface area contributed by atoms with Crippen molar-refractivity contribution in [2.24, 2.45) is 0 Å². The summed E-state index contributed by atoms with van der Waals surface area (Å²) in [6, 6.07) is 20.6. The molecule has 1 atom stereocenters. The predicted octanol–water partition coefficient (Wildman–Crippen LogP) is 2.98. The van der Waals surface area contributed by atoms with Crippen molar-refractivity contribution in [3.8, 4) is 0 Å². The van der Waals surface area contributed by atoms with Gasteiger partial charge in [0, 0.05) is 20.2 Å². The van der Waals surface area contributed by atoms with Crippen molar-refractivity contribution in [2.75, 3.05) is 33.9 Å². The lowest BCUT2D eigenvalue weighted by Crippen LogP contribution is -2.68. The number of aliphatic carboxylic acids is 1. The molecule has 0 fully saturated rings. The maximum Gasteiger partial charge on any atom is 0.305 e. The van der Waals surface area contributed by atoms with E-state index in [9.17, 15) is 9.90 Å². The first-order valence-electron chi connectivity index (χ1n) is 10.4. The lowest BCUT2D eigenvalue weighted by molar-refractivity contribution is -0.139. The molecule has 0 aliphatic rings. The Hall–Kier alpha value is -1.99. The number of nitrogens with zero attached hydrogens (tertiary/aromatic N) is 1. The third kappa shape index (κ3) is 6.01.